The van der Waals surface area contributed by atoms with Gasteiger partial charge < -0.3 is 5.73 Å². The van der Waals surface area contributed by atoms with Gasteiger partial charge in [-0.2, -0.15) is 5.10 Å². The van der Waals surface area contributed by atoms with Gasteiger partial charge in [0.25, 0.3) is 0 Å². The van der Waals surface area contributed by atoms with Crippen molar-refractivity contribution in [1.29, 1.82) is 0 Å². The lowest BCUT2D eigenvalue weighted by Gasteiger charge is -2.07. The van der Waals surface area contributed by atoms with Crippen LogP contribution < -0.4 is 5.73 Å². The summed E-state index contributed by atoms with van der Waals surface area (Å²) in [5, 5.41) is 4.08. The summed E-state index contributed by atoms with van der Waals surface area (Å²) < 4.78 is 39.1. The molecule has 0 aliphatic rings. The van der Waals surface area contributed by atoms with Crippen LogP contribution in [0.4, 0.5) is 10.1 Å². The summed E-state index contributed by atoms with van der Waals surface area (Å²) in [6, 6.07) is 4.99. The molecule has 1 heterocycles. The third-order valence-electron chi connectivity index (χ3n) is 2.75. The average molecular weight is 283 g/mol. The van der Waals surface area contributed by atoms with Gasteiger partial charge in [0.05, 0.1) is 27.7 Å². The van der Waals surface area contributed by atoms with Crippen molar-refractivity contribution in [3.8, 4) is 0 Å². The molecular weight excluding hydrogens is 269 g/mol. The maximum absolute atomic E-state index is 13.2. The Labute approximate surface area is 110 Å². The number of aryl methyl sites for hydroxylation is 2. The Kier molecular flexibility index (Phi) is 3.32. The van der Waals surface area contributed by atoms with Crippen molar-refractivity contribution in [2.24, 2.45) is 7.05 Å². The van der Waals surface area contributed by atoms with Crippen LogP contribution in [0, 0.1) is 12.7 Å². The molecule has 7 heteroatoms. The standard InChI is InChI=1S/C12H14FN3O2S/c1-8-5-10(16(2)15-8)7-19(17,18)12-6-9(13)3-4-11(12)14/h3-6H,7,14H2,1-2H3. The van der Waals surface area contributed by atoms with Crippen LogP contribution in [0.5, 0.6) is 0 Å². The summed E-state index contributed by atoms with van der Waals surface area (Å²) in [6.07, 6.45) is 0. The van der Waals surface area contributed by atoms with Gasteiger partial charge in [0, 0.05) is 7.05 Å². The van der Waals surface area contributed by atoms with Gasteiger partial charge in [0.2, 0.25) is 0 Å². The molecule has 0 amide bonds. The molecule has 1 aromatic carbocycles. The number of nitrogens with zero attached hydrogens (tertiary/aromatic N) is 2. The van der Waals surface area contributed by atoms with Crippen LogP contribution in [0.3, 0.4) is 0 Å². The second-order valence-electron chi connectivity index (χ2n) is 4.34. The molecule has 0 unspecified atom stereocenters. The minimum Gasteiger partial charge on any atom is -0.398 e. The van der Waals surface area contributed by atoms with Crippen LogP contribution in [0.15, 0.2) is 29.2 Å². The fourth-order valence-corrected chi connectivity index (χ4v) is 3.38. The Morgan fingerprint density at radius 2 is 2.05 bits per heavy atom. The third-order valence-corrected chi connectivity index (χ3v) is 4.45. The third kappa shape index (κ3) is 2.76. The topological polar surface area (TPSA) is 78.0 Å². The van der Waals surface area contributed by atoms with Crippen molar-refractivity contribution in [3.05, 3.63) is 41.5 Å². The van der Waals surface area contributed by atoms with Gasteiger partial charge in [0.15, 0.2) is 9.84 Å². The van der Waals surface area contributed by atoms with Crippen LogP contribution in [0.1, 0.15) is 11.4 Å². The van der Waals surface area contributed by atoms with Crippen molar-refractivity contribution in [2.75, 3.05) is 5.73 Å². The van der Waals surface area contributed by atoms with E-state index in [0.29, 0.717) is 5.69 Å². The molecule has 1 aromatic heterocycles. The molecule has 2 N–H and O–H groups in total. The fourth-order valence-electron chi connectivity index (χ4n) is 1.85. The monoisotopic (exact) mass is 283 g/mol. The Bertz CT molecular complexity index is 723. The number of rotatable bonds is 3. The maximum atomic E-state index is 13.2. The zero-order valence-electron chi connectivity index (χ0n) is 10.6. The maximum Gasteiger partial charge on any atom is 0.186 e. The Morgan fingerprint density at radius 1 is 1.37 bits per heavy atom. The van der Waals surface area contributed by atoms with E-state index in [1.54, 1.807) is 20.0 Å². The van der Waals surface area contributed by atoms with E-state index in [0.717, 1.165) is 17.8 Å². The normalized spacial score (nSPS) is 11.7. The van der Waals surface area contributed by atoms with Crippen molar-refractivity contribution >= 4 is 15.5 Å². The molecule has 102 valence electrons. The van der Waals surface area contributed by atoms with E-state index in [4.69, 9.17) is 5.73 Å². The number of hydrogen-bond acceptors (Lipinski definition) is 4. The lowest BCUT2D eigenvalue weighted by molar-refractivity contribution is 0.587. The van der Waals surface area contributed by atoms with Crippen LogP contribution in [0.25, 0.3) is 0 Å². The molecule has 0 aliphatic heterocycles. The molecule has 0 spiro atoms. The second kappa shape index (κ2) is 4.65. The number of nitrogen functional groups attached to an aromatic ring is 1. The highest BCUT2D eigenvalue weighted by molar-refractivity contribution is 7.90. The first-order valence-electron chi connectivity index (χ1n) is 5.57. The summed E-state index contributed by atoms with van der Waals surface area (Å²) in [4.78, 5) is -0.189. The molecule has 0 fully saturated rings. The zero-order chi connectivity index (χ0) is 14.2. The molecule has 5 nitrogen and oxygen atoms in total. The molecule has 0 saturated carbocycles. The predicted octanol–water partition coefficient (Wildman–Crippen LogP) is 1.42. The zero-order valence-corrected chi connectivity index (χ0v) is 11.4. The molecule has 0 aliphatic carbocycles. The summed E-state index contributed by atoms with van der Waals surface area (Å²) in [5.41, 5.74) is 6.90. The fraction of sp³-hybridized carbons (Fsp3) is 0.250. The predicted molar refractivity (Wildman–Crippen MR) is 69.6 cm³/mol. The molecule has 2 aromatic rings. The highest BCUT2D eigenvalue weighted by Crippen LogP contribution is 2.23. The first-order chi connectivity index (χ1) is 8.79. The SMILES string of the molecule is Cc1cc(CS(=O)(=O)c2cc(F)ccc2N)n(C)n1. The van der Waals surface area contributed by atoms with E-state index in [2.05, 4.69) is 5.10 Å². The Balaban J connectivity index is 2.43. The lowest BCUT2D eigenvalue weighted by Crippen LogP contribution is -2.11. The number of halogens is 1. The first-order valence-corrected chi connectivity index (χ1v) is 7.22. The van der Waals surface area contributed by atoms with E-state index in [-0.39, 0.29) is 16.3 Å². The quantitative estimate of drug-likeness (QED) is 0.864. The molecule has 19 heavy (non-hydrogen) atoms. The summed E-state index contributed by atoms with van der Waals surface area (Å²) >= 11 is 0. The van der Waals surface area contributed by atoms with Crippen LogP contribution in [-0.4, -0.2) is 18.2 Å². The Morgan fingerprint density at radius 3 is 2.63 bits per heavy atom. The van der Waals surface area contributed by atoms with E-state index in [9.17, 15) is 12.8 Å². The van der Waals surface area contributed by atoms with Crippen molar-refractivity contribution in [1.82, 2.24) is 9.78 Å². The number of hydrogen-bond donors (Lipinski definition) is 1. The molecule has 0 bridgehead atoms. The van der Waals surface area contributed by atoms with Crippen LogP contribution in [0.2, 0.25) is 0 Å². The molecular formula is C12H14FN3O2S. The van der Waals surface area contributed by atoms with E-state index in [1.807, 2.05) is 0 Å². The molecule has 0 atom stereocenters. The van der Waals surface area contributed by atoms with Crippen LogP contribution >= 0.6 is 0 Å². The van der Waals surface area contributed by atoms with Crippen molar-refractivity contribution < 1.29 is 12.8 Å². The summed E-state index contributed by atoms with van der Waals surface area (Å²) in [7, 11) is -2.04. The van der Waals surface area contributed by atoms with Gasteiger partial charge in [-0.05, 0) is 31.2 Å². The van der Waals surface area contributed by atoms with Gasteiger partial charge in [0.1, 0.15) is 5.82 Å². The first kappa shape index (κ1) is 13.5. The van der Waals surface area contributed by atoms with Crippen molar-refractivity contribution in [2.45, 2.75) is 17.6 Å². The summed E-state index contributed by atoms with van der Waals surface area (Å²) in [6.45, 7) is 1.77. The van der Waals surface area contributed by atoms with E-state index >= 15 is 0 Å². The van der Waals surface area contributed by atoms with Gasteiger partial charge in [-0.3, -0.25) is 4.68 Å². The highest BCUT2D eigenvalue weighted by Gasteiger charge is 2.21. The number of aromatic nitrogens is 2. The van der Waals surface area contributed by atoms with Crippen molar-refractivity contribution in [3.63, 3.8) is 0 Å². The van der Waals surface area contributed by atoms with Gasteiger partial charge in [-0.1, -0.05) is 0 Å². The number of nitrogens with two attached hydrogens (primary N) is 1. The smallest absolute Gasteiger partial charge is 0.186 e. The molecule has 0 radical (unpaired) electrons. The number of benzene rings is 1. The van der Waals surface area contributed by atoms with Gasteiger partial charge in [-0.25, -0.2) is 12.8 Å². The van der Waals surface area contributed by atoms with Crippen LogP contribution in [-0.2, 0) is 22.6 Å². The largest absolute Gasteiger partial charge is 0.398 e. The minimum atomic E-state index is -3.70. The number of anilines is 1. The van der Waals surface area contributed by atoms with Gasteiger partial charge >= 0.3 is 0 Å². The molecule has 0 saturated heterocycles. The average Bonchev–Trinajstić information content (AvgIpc) is 2.60. The van der Waals surface area contributed by atoms with E-state index in [1.165, 1.54) is 10.7 Å². The summed E-state index contributed by atoms with van der Waals surface area (Å²) in [5.74, 6) is -0.896. The van der Waals surface area contributed by atoms with Gasteiger partial charge in [-0.15, -0.1) is 0 Å². The van der Waals surface area contributed by atoms with E-state index < -0.39 is 15.7 Å². The second-order valence-corrected chi connectivity index (χ2v) is 6.30. The lowest BCUT2D eigenvalue weighted by atomic mass is 10.3. The Hall–Kier alpha value is -1.89. The minimum absolute atomic E-state index is 0.0419. The molecule has 2 rings (SSSR count). The number of sulfone groups is 1. The highest BCUT2D eigenvalue weighted by atomic mass is 32.2.